The molecule has 2 aromatic rings. The van der Waals surface area contributed by atoms with Crippen LogP contribution in [0.15, 0.2) is 24.3 Å². The van der Waals surface area contributed by atoms with E-state index in [4.69, 9.17) is 5.11 Å². The zero-order valence-electron chi connectivity index (χ0n) is 8.65. The van der Waals surface area contributed by atoms with Crippen LogP contribution in [0.3, 0.4) is 0 Å². The van der Waals surface area contributed by atoms with Crippen LogP contribution in [0.25, 0.3) is 11.1 Å². The molecule has 0 aliphatic rings. The average molecular weight is 260 g/mol. The molecule has 0 fully saturated rings. The van der Waals surface area contributed by atoms with Gasteiger partial charge in [-0.05, 0) is 17.7 Å². The van der Waals surface area contributed by atoms with Gasteiger partial charge in [0.25, 0.3) is 0 Å². The number of hydrogen-bond acceptors (Lipinski definition) is 1. The van der Waals surface area contributed by atoms with Gasteiger partial charge in [0, 0.05) is 0 Å². The molecule has 0 amide bonds. The van der Waals surface area contributed by atoms with Gasteiger partial charge in [0.1, 0.15) is 5.75 Å². The molecule has 1 nitrogen and oxygen atoms in total. The molecule has 2 aromatic carbocycles. The zero-order valence-corrected chi connectivity index (χ0v) is 8.65. The number of benzene rings is 2. The Morgan fingerprint density at radius 1 is 0.611 bits per heavy atom. The van der Waals surface area contributed by atoms with E-state index in [0.29, 0.717) is 0 Å². The number of phenolic OH excluding ortho intramolecular Hbond substituents is 1. The van der Waals surface area contributed by atoms with Gasteiger partial charge >= 0.3 is 0 Å². The van der Waals surface area contributed by atoms with Crippen LogP contribution in [0.2, 0.25) is 0 Å². The lowest BCUT2D eigenvalue weighted by Crippen LogP contribution is -2.03. The molecule has 2 rings (SSSR count). The molecule has 0 saturated heterocycles. The molecule has 0 saturated carbocycles. The maximum atomic E-state index is 13.4. The monoisotopic (exact) mass is 260 g/mol. The van der Waals surface area contributed by atoms with E-state index in [1.54, 1.807) is 0 Å². The highest BCUT2D eigenvalue weighted by molar-refractivity contribution is 5.66. The van der Waals surface area contributed by atoms with Gasteiger partial charge in [0.15, 0.2) is 23.3 Å². The third-order valence-corrected chi connectivity index (χ3v) is 2.37. The molecule has 0 aliphatic carbocycles. The third-order valence-electron chi connectivity index (χ3n) is 2.37. The lowest BCUT2D eigenvalue weighted by atomic mass is 10.0. The van der Waals surface area contributed by atoms with Gasteiger partial charge in [-0.3, -0.25) is 0 Å². The van der Waals surface area contributed by atoms with Crippen molar-refractivity contribution in [3.8, 4) is 16.9 Å². The minimum absolute atomic E-state index is 0.192. The normalized spacial score (nSPS) is 10.7. The van der Waals surface area contributed by atoms with E-state index in [9.17, 15) is 22.0 Å². The van der Waals surface area contributed by atoms with Crippen LogP contribution in [0.4, 0.5) is 22.0 Å². The Hall–Kier alpha value is -2.11. The lowest BCUT2D eigenvalue weighted by Gasteiger charge is -2.08. The van der Waals surface area contributed by atoms with E-state index in [1.165, 1.54) is 0 Å². The SMILES string of the molecule is Oc1ccc(-c2c(F)c(F)c(F)c(F)c2F)cc1. The fourth-order valence-corrected chi connectivity index (χ4v) is 1.49. The highest BCUT2D eigenvalue weighted by atomic mass is 19.2. The van der Waals surface area contributed by atoms with Gasteiger partial charge in [-0.2, -0.15) is 0 Å². The smallest absolute Gasteiger partial charge is 0.200 e. The second-order valence-corrected chi connectivity index (χ2v) is 3.49. The molecule has 0 aromatic heterocycles. The van der Waals surface area contributed by atoms with Crippen molar-refractivity contribution < 1.29 is 27.1 Å². The van der Waals surface area contributed by atoms with Crippen molar-refractivity contribution in [3.05, 3.63) is 53.4 Å². The highest BCUT2D eigenvalue weighted by Gasteiger charge is 2.26. The van der Waals surface area contributed by atoms with Crippen LogP contribution in [0.5, 0.6) is 5.75 Å². The first-order valence-corrected chi connectivity index (χ1v) is 4.74. The number of rotatable bonds is 1. The van der Waals surface area contributed by atoms with E-state index in [2.05, 4.69) is 0 Å². The second kappa shape index (κ2) is 4.29. The summed E-state index contributed by atoms with van der Waals surface area (Å²) in [7, 11) is 0. The Morgan fingerprint density at radius 2 is 1.00 bits per heavy atom. The zero-order chi connectivity index (χ0) is 13.4. The lowest BCUT2D eigenvalue weighted by molar-refractivity contribution is 0.381. The van der Waals surface area contributed by atoms with Gasteiger partial charge in [0.05, 0.1) is 5.56 Å². The van der Waals surface area contributed by atoms with Gasteiger partial charge in [-0.25, -0.2) is 22.0 Å². The molecule has 0 radical (unpaired) electrons. The van der Waals surface area contributed by atoms with Gasteiger partial charge < -0.3 is 5.11 Å². The first-order chi connectivity index (χ1) is 8.43. The first-order valence-electron chi connectivity index (χ1n) is 4.74. The topological polar surface area (TPSA) is 20.2 Å². The minimum atomic E-state index is -2.20. The van der Waals surface area contributed by atoms with E-state index in [1.807, 2.05) is 0 Å². The van der Waals surface area contributed by atoms with Crippen molar-refractivity contribution in [3.63, 3.8) is 0 Å². The Labute approximate surface area is 98.1 Å². The largest absolute Gasteiger partial charge is 0.508 e. The van der Waals surface area contributed by atoms with Crippen LogP contribution < -0.4 is 0 Å². The third kappa shape index (κ3) is 1.79. The van der Waals surface area contributed by atoms with Crippen molar-refractivity contribution in [1.82, 2.24) is 0 Å². The van der Waals surface area contributed by atoms with Crippen molar-refractivity contribution in [2.45, 2.75) is 0 Å². The second-order valence-electron chi connectivity index (χ2n) is 3.49. The Morgan fingerprint density at radius 3 is 1.44 bits per heavy atom. The summed E-state index contributed by atoms with van der Waals surface area (Å²) >= 11 is 0. The average Bonchev–Trinajstić information content (AvgIpc) is 2.36. The van der Waals surface area contributed by atoms with Crippen molar-refractivity contribution in [1.29, 1.82) is 0 Å². The van der Waals surface area contributed by atoms with Crippen LogP contribution in [0.1, 0.15) is 0 Å². The summed E-state index contributed by atoms with van der Waals surface area (Å²) in [6.45, 7) is 0. The Balaban J connectivity index is 2.75. The molecular formula is C12H5F5O. The van der Waals surface area contributed by atoms with Crippen LogP contribution in [0, 0.1) is 29.1 Å². The minimum Gasteiger partial charge on any atom is -0.508 e. The van der Waals surface area contributed by atoms with Crippen molar-refractivity contribution >= 4 is 0 Å². The molecule has 0 atom stereocenters. The fourth-order valence-electron chi connectivity index (χ4n) is 1.49. The number of phenols is 1. The predicted octanol–water partition coefficient (Wildman–Crippen LogP) is 3.75. The highest BCUT2D eigenvalue weighted by Crippen LogP contribution is 2.32. The molecule has 0 unspecified atom stereocenters. The van der Waals surface area contributed by atoms with E-state index >= 15 is 0 Å². The van der Waals surface area contributed by atoms with Crippen molar-refractivity contribution in [2.75, 3.05) is 0 Å². The number of halogens is 5. The maximum Gasteiger partial charge on any atom is 0.200 e. The molecular weight excluding hydrogens is 255 g/mol. The Bertz CT molecular complexity index is 578. The molecule has 0 heterocycles. The Kier molecular flexibility index (Phi) is 2.94. The van der Waals surface area contributed by atoms with E-state index < -0.39 is 34.6 Å². The summed E-state index contributed by atoms with van der Waals surface area (Å²) in [4.78, 5) is 0. The molecule has 1 N–H and O–H groups in total. The predicted molar refractivity (Wildman–Crippen MR) is 53.3 cm³/mol. The van der Waals surface area contributed by atoms with Crippen LogP contribution >= 0.6 is 0 Å². The molecule has 0 bridgehead atoms. The molecule has 0 spiro atoms. The van der Waals surface area contributed by atoms with E-state index in [-0.39, 0.29) is 11.3 Å². The summed E-state index contributed by atoms with van der Waals surface area (Å²) in [6, 6.07) is 4.25. The summed E-state index contributed by atoms with van der Waals surface area (Å²) in [5, 5.41) is 9.00. The molecule has 94 valence electrons. The van der Waals surface area contributed by atoms with Crippen molar-refractivity contribution in [2.24, 2.45) is 0 Å². The summed E-state index contributed by atoms with van der Waals surface area (Å²) < 4.78 is 65.5. The quantitative estimate of drug-likeness (QED) is 0.470. The van der Waals surface area contributed by atoms with E-state index in [0.717, 1.165) is 24.3 Å². The summed E-state index contributed by atoms with van der Waals surface area (Å²) in [5.74, 6) is -10.2. The van der Waals surface area contributed by atoms with Gasteiger partial charge in [-0.1, -0.05) is 12.1 Å². The maximum absolute atomic E-state index is 13.4. The molecule has 0 aliphatic heterocycles. The first kappa shape index (κ1) is 12.3. The van der Waals surface area contributed by atoms with Crippen LogP contribution in [-0.4, -0.2) is 5.11 Å². The molecule has 18 heavy (non-hydrogen) atoms. The fraction of sp³-hybridized carbons (Fsp3) is 0. The van der Waals surface area contributed by atoms with Crippen LogP contribution in [-0.2, 0) is 0 Å². The molecule has 6 heteroatoms. The summed E-state index contributed by atoms with van der Waals surface area (Å²) in [6.07, 6.45) is 0. The van der Waals surface area contributed by atoms with Gasteiger partial charge in [0.2, 0.25) is 5.82 Å². The van der Waals surface area contributed by atoms with Gasteiger partial charge in [-0.15, -0.1) is 0 Å². The standard InChI is InChI=1S/C12H5F5O/c13-8-7(5-1-3-6(18)4-2-5)9(14)11(16)12(17)10(8)15/h1-4,18H. The summed E-state index contributed by atoms with van der Waals surface area (Å²) in [5.41, 5.74) is -1.24. The number of aromatic hydroxyl groups is 1. The number of hydrogen-bond donors (Lipinski definition) is 1.